The molecule has 148 valence electrons. The number of carbonyl (C=O) groups excluding carboxylic acids is 2. The van der Waals surface area contributed by atoms with Crippen molar-refractivity contribution in [2.75, 3.05) is 17.2 Å². The molecule has 0 aliphatic rings. The van der Waals surface area contributed by atoms with Crippen LogP contribution in [0.1, 0.15) is 27.8 Å². The van der Waals surface area contributed by atoms with Crippen LogP contribution in [-0.2, 0) is 4.74 Å². The minimum absolute atomic E-state index is 0.0191. The van der Waals surface area contributed by atoms with Crippen LogP contribution in [0, 0.1) is 11.6 Å². The Morgan fingerprint density at radius 1 is 1.03 bits per heavy atom. The van der Waals surface area contributed by atoms with E-state index in [9.17, 15) is 18.4 Å². The van der Waals surface area contributed by atoms with Gasteiger partial charge in [0.25, 0.3) is 5.91 Å². The van der Waals surface area contributed by atoms with Crippen LogP contribution < -0.4 is 10.6 Å². The van der Waals surface area contributed by atoms with E-state index in [2.05, 4.69) is 20.6 Å². The number of hydrogen-bond acceptors (Lipinski definition) is 6. The number of esters is 1. The van der Waals surface area contributed by atoms with Crippen LogP contribution >= 0.6 is 0 Å². The predicted molar refractivity (Wildman–Crippen MR) is 102 cm³/mol. The van der Waals surface area contributed by atoms with E-state index in [1.807, 2.05) is 0 Å². The molecule has 0 saturated carbocycles. The standard InChI is InChI=1S/C20H16F2N4O3/c1-2-29-20(28)12-3-6-14(7-4-12)25-18-10-17(23-11-24-18)19(27)26-16-8-5-13(21)9-15(16)22/h3-11H,2H2,1H3,(H,26,27)(H,23,24,25). The van der Waals surface area contributed by atoms with Crippen LogP contribution in [0.2, 0.25) is 0 Å². The van der Waals surface area contributed by atoms with Crippen LogP contribution in [0.4, 0.5) is 26.0 Å². The van der Waals surface area contributed by atoms with E-state index in [1.165, 1.54) is 12.4 Å². The lowest BCUT2D eigenvalue weighted by Crippen LogP contribution is -2.15. The van der Waals surface area contributed by atoms with Crippen LogP contribution in [-0.4, -0.2) is 28.5 Å². The molecule has 0 atom stereocenters. The Hall–Kier alpha value is -3.88. The number of rotatable bonds is 6. The van der Waals surface area contributed by atoms with Gasteiger partial charge in [-0.3, -0.25) is 4.79 Å². The van der Waals surface area contributed by atoms with E-state index < -0.39 is 23.5 Å². The molecule has 1 heterocycles. The van der Waals surface area contributed by atoms with Crippen molar-refractivity contribution in [3.63, 3.8) is 0 Å². The molecule has 0 saturated heterocycles. The summed E-state index contributed by atoms with van der Waals surface area (Å²) in [7, 11) is 0. The zero-order valence-corrected chi connectivity index (χ0v) is 15.3. The molecule has 0 unspecified atom stereocenters. The Bertz CT molecular complexity index is 1040. The molecule has 2 N–H and O–H groups in total. The van der Waals surface area contributed by atoms with Crippen molar-refractivity contribution >= 4 is 29.1 Å². The van der Waals surface area contributed by atoms with Gasteiger partial charge in [0.05, 0.1) is 17.9 Å². The number of halogens is 2. The average Bonchev–Trinajstić information content (AvgIpc) is 2.71. The zero-order valence-electron chi connectivity index (χ0n) is 15.3. The van der Waals surface area contributed by atoms with Gasteiger partial charge < -0.3 is 15.4 Å². The number of amides is 1. The van der Waals surface area contributed by atoms with Crippen LogP contribution in [0.25, 0.3) is 0 Å². The van der Waals surface area contributed by atoms with E-state index in [0.29, 0.717) is 23.1 Å². The number of benzene rings is 2. The van der Waals surface area contributed by atoms with E-state index in [1.54, 1.807) is 31.2 Å². The van der Waals surface area contributed by atoms with Crippen molar-refractivity contribution in [3.05, 3.63) is 77.8 Å². The fourth-order valence-electron chi connectivity index (χ4n) is 2.38. The minimum atomic E-state index is -0.896. The molecular weight excluding hydrogens is 382 g/mol. The quantitative estimate of drug-likeness (QED) is 0.611. The Balaban J connectivity index is 1.70. The van der Waals surface area contributed by atoms with Gasteiger partial charge in [-0.15, -0.1) is 0 Å². The molecule has 7 nitrogen and oxygen atoms in total. The largest absolute Gasteiger partial charge is 0.462 e. The SMILES string of the molecule is CCOC(=O)c1ccc(Nc2cc(C(=O)Nc3ccc(F)cc3F)ncn2)cc1. The minimum Gasteiger partial charge on any atom is -0.462 e. The molecule has 3 rings (SSSR count). The van der Waals surface area contributed by atoms with Crippen LogP contribution in [0.3, 0.4) is 0 Å². The molecule has 1 amide bonds. The number of hydrogen-bond donors (Lipinski definition) is 2. The summed E-state index contributed by atoms with van der Waals surface area (Å²) >= 11 is 0. The van der Waals surface area contributed by atoms with Gasteiger partial charge in [-0.2, -0.15) is 0 Å². The molecule has 0 aliphatic heterocycles. The maximum atomic E-state index is 13.7. The topological polar surface area (TPSA) is 93.2 Å². The van der Waals surface area contributed by atoms with Gasteiger partial charge in [-0.05, 0) is 43.3 Å². The third-order valence-electron chi connectivity index (χ3n) is 3.75. The van der Waals surface area contributed by atoms with Crippen molar-refractivity contribution in [2.24, 2.45) is 0 Å². The summed E-state index contributed by atoms with van der Waals surface area (Å²) < 4.78 is 31.6. The summed E-state index contributed by atoms with van der Waals surface area (Å²) in [5.41, 5.74) is 0.836. The normalized spacial score (nSPS) is 10.3. The Morgan fingerprint density at radius 3 is 2.48 bits per heavy atom. The molecule has 9 heteroatoms. The van der Waals surface area contributed by atoms with E-state index in [4.69, 9.17) is 4.74 Å². The second kappa shape index (κ2) is 8.87. The highest BCUT2D eigenvalue weighted by atomic mass is 19.1. The zero-order chi connectivity index (χ0) is 20.8. The maximum Gasteiger partial charge on any atom is 0.338 e. The number of nitrogens with zero attached hydrogens (tertiary/aromatic N) is 2. The molecule has 0 radical (unpaired) electrons. The van der Waals surface area contributed by atoms with E-state index in [0.717, 1.165) is 12.1 Å². The van der Waals surface area contributed by atoms with Crippen molar-refractivity contribution in [3.8, 4) is 0 Å². The van der Waals surface area contributed by atoms with Crippen molar-refractivity contribution in [1.29, 1.82) is 0 Å². The van der Waals surface area contributed by atoms with Crippen molar-refractivity contribution in [2.45, 2.75) is 6.92 Å². The fraction of sp³-hybridized carbons (Fsp3) is 0.100. The third kappa shape index (κ3) is 5.10. The number of anilines is 3. The number of ether oxygens (including phenoxy) is 1. The molecule has 0 fully saturated rings. The van der Waals surface area contributed by atoms with E-state index in [-0.39, 0.29) is 18.0 Å². The Labute approximate surface area is 164 Å². The molecular formula is C20H16F2N4O3. The number of nitrogens with one attached hydrogen (secondary N) is 2. The number of carbonyl (C=O) groups is 2. The van der Waals surface area contributed by atoms with Crippen molar-refractivity contribution < 1.29 is 23.1 Å². The van der Waals surface area contributed by atoms with Crippen LogP contribution in [0.15, 0.2) is 54.9 Å². The Kier molecular flexibility index (Phi) is 6.08. The summed E-state index contributed by atoms with van der Waals surface area (Å²) in [4.78, 5) is 31.9. The smallest absolute Gasteiger partial charge is 0.338 e. The predicted octanol–water partition coefficient (Wildman–Crippen LogP) is 3.93. The highest BCUT2D eigenvalue weighted by molar-refractivity contribution is 6.03. The molecule has 0 aliphatic carbocycles. The van der Waals surface area contributed by atoms with Gasteiger partial charge in [-0.25, -0.2) is 23.5 Å². The average molecular weight is 398 g/mol. The fourth-order valence-corrected chi connectivity index (χ4v) is 2.38. The second-order valence-corrected chi connectivity index (χ2v) is 5.79. The third-order valence-corrected chi connectivity index (χ3v) is 3.75. The van der Waals surface area contributed by atoms with Crippen molar-refractivity contribution in [1.82, 2.24) is 9.97 Å². The van der Waals surface area contributed by atoms with E-state index >= 15 is 0 Å². The first kappa shape index (κ1) is 19.9. The highest BCUT2D eigenvalue weighted by Gasteiger charge is 2.13. The Morgan fingerprint density at radius 2 is 1.79 bits per heavy atom. The first-order chi connectivity index (χ1) is 14.0. The van der Waals surface area contributed by atoms with Gasteiger partial charge >= 0.3 is 5.97 Å². The van der Waals surface area contributed by atoms with Gasteiger partial charge in [0, 0.05) is 17.8 Å². The summed E-state index contributed by atoms with van der Waals surface area (Å²) in [6.45, 7) is 2.01. The summed E-state index contributed by atoms with van der Waals surface area (Å²) in [5, 5.41) is 5.30. The van der Waals surface area contributed by atoms with Crippen LogP contribution in [0.5, 0.6) is 0 Å². The van der Waals surface area contributed by atoms with Gasteiger partial charge in [0.15, 0.2) is 0 Å². The molecule has 0 bridgehead atoms. The summed E-state index contributed by atoms with van der Waals surface area (Å²) in [6.07, 6.45) is 1.17. The first-order valence-corrected chi connectivity index (χ1v) is 8.59. The lowest BCUT2D eigenvalue weighted by molar-refractivity contribution is 0.0526. The summed E-state index contributed by atoms with van der Waals surface area (Å²) in [6, 6.07) is 10.7. The number of aromatic nitrogens is 2. The monoisotopic (exact) mass is 398 g/mol. The molecule has 3 aromatic rings. The first-order valence-electron chi connectivity index (χ1n) is 8.59. The molecule has 1 aromatic heterocycles. The summed E-state index contributed by atoms with van der Waals surface area (Å²) in [5.74, 6) is -2.43. The van der Waals surface area contributed by atoms with Gasteiger partial charge in [-0.1, -0.05) is 0 Å². The molecule has 0 spiro atoms. The highest BCUT2D eigenvalue weighted by Crippen LogP contribution is 2.18. The van der Waals surface area contributed by atoms with Gasteiger partial charge in [0.2, 0.25) is 0 Å². The molecule has 2 aromatic carbocycles. The van der Waals surface area contributed by atoms with Gasteiger partial charge in [0.1, 0.15) is 29.5 Å². The maximum absolute atomic E-state index is 13.7. The lowest BCUT2D eigenvalue weighted by atomic mass is 10.2. The lowest BCUT2D eigenvalue weighted by Gasteiger charge is -2.09. The molecule has 29 heavy (non-hydrogen) atoms. The second-order valence-electron chi connectivity index (χ2n) is 5.79.